The summed E-state index contributed by atoms with van der Waals surface area (Å²) in [5.41, 5.74) is -0.441. The van der Waals surface area contributed by atoms with Crippen LogP contribution >= 0.6 is 15.9 Å². The average molecular weight is 360 g/mol. The maximum atomic E-state index is 11.4. The number of nitrogens with zero attached hydrogens (tertiary/aromatic N) is 1. The van der Waals surface area contributed by atoms with Crippen molar-refractivity contribution < 1.29 is 19.0 Å². The SMILES string of the molecule is CC(C)(C)OC(=O)CCOCCCOc1ccnc(Br)c1. The Labute approximate surface area is 134 Å². The van der Waals surface area contributed by atoms with E-state index in [2.05, 4.69) is 20.9 Å². The van der Waals surface area contributed by atoms with Crippen LogP contribution in [0, 0.1) is 0 Å². The summed E-state index contributed by atoms with van der Waals surface area (Å²) in [4.78, 5) is 15.4. The molecule has 5 nitrogen and oxygen atoms in total. The van der Waals surface area contributed by atoms with E-state index >= 15 is 0 Å². The Morgan fingerprint density at radius 1 is 1.29 bits per heavy atom. The van der Waals surface area contributed by atoms with E-state index in [4.69, 9.17) is 14.2 Å². The first-order chi connectivity index (χ1) is 9.87. The van der Waals surface area contributed by atoms with Gasteiger partial charge in [0.15, 0.2) is 0 Å². The largest absolute Gasteiger partial charge is 0.493 e. The van der Waals surface area contributed by atoms with Crippen LogP contribution in [0.2, 0.25) is 0 Å². The number of carbonyl (C=O) groups excluding carboxylic acids is 1. The summed E-state index contributed by atoms with van der Waals surface area (Å²) < 4.78 is 16.8. The van der Waals surface area contributed by atoms with E-state index in [0.29, 0.717) is 19.8 Å². The number of ether oxygens (including phenoxy) is 3. The van der Waals surface area contributed by atoms with Crippen LogP contribution in [0.25, 0.3) is 0 Å². The fraction of sp³-hybridized carbons (Fsp3) is 0.600. The second-order valence-corrected chi connectivity index (χ2v) is 6.28. The predicted molar refractivity (Wildman–Crippen MR) is 83.3 cm³/mol. The topological polar surface area (TPSA) is 57.7 Å². The maximum absolute atomic E-state index is 11.4. The van der Waals surface area contributed by atoms with Gasteiger partial charge in [-0.2, -0.15) is 0 Å². The molecule has 0 saturated carbocycles. The van der Waals surface area contributed by atoms with Crippen LogP contribution in [-0.2, 0) is 14.3 Å². The molecule has 0 unspecified atom stereocenters. The van der Waals surface area contributed by atoms with Crippen molar-refractivity contribution in [1.82, 2.24) is 4.98 Å². The Balaban J connectivity index is 2.01. The minimum absolute atomic E-state index is 0.236. The predicted octanol–water partition coefficient (Wildman–Crippen LogP) is 3.36. The Kier molecular flexibility index (Phi) is 7.67. The monoisotopic (exact) mass is 359 g/mol. The molecule has 0 radical (unpaired) electrons. The van der Waals surface area contributed by atoms with Crippen molar-refractivity contribution in [3.8, 4) is 5.75 Å². The fourth-order valence-electron chi connectivity index (χ4n) is 1.48. The van der Waals surface area contributed by atoms with Crippen LogP contribution in [0.1, 0.15) is 33.6 Å². The number of hydrogen-bond donors (Lipinski definition) is 0. The van der Waals surface area contributed by atoms with Gasteiger partial charge >= 0.3 is 5.97 Å². The maximum Gasteiger partial charge on any atom is 0.308 e. The van der Waals surface area contributed by atoms with Gasteiger partial charge in [-0.15, -0.1) is 0 Å². The zero-order chi connectivity index (χ0) is 15.7. The summed E-state index contributed by atoms with van der Waals surface area (Å²) in [6, 6.07) is 3.61. The molecule has 0 aliphatic rings. The smallest absolute Gasteiger partial charge is 0.308 e. The first-order valence-corrected chi connectivity index (χ1v) is 7.70. The van der Waals surface area contributed by atoms with E-state index in [1.165, 1.54) is 0 Å². The molecule has 118 valence electrons. The molecule has 1 aromatic rings. The van der Waals surface area contributed by atoms with Crippen molar-refractivity contribution in [3.05, 3.63) is 22.9 Å². The van der Waals surface area contributed by atoms with Crippen LogP contribution in [-0.4, -0.2) is 36.4 Å². The van der Waals surface area contributed by atoms with Gasteiger partial charge in [0.25, 0.3) is 0 Å². The second kappa shape index (κ2) is 9.00. The van der Waals surface area contributed by atoms with E-state index in [1.54, 1.807) is 12.3 Å². The molecule has 1 aromatic heterocycles. The van der Waals surface area contributed by atoms with E-state index in [9.17, 15) is 4.79 Å². The first-order valence-electron chi connectivity index (χ1n) is 6.91. The highest BCUT2D eigenvalue weighted by molar-refractivity contribution is 9.10. The zero-order valence-corrected chi connectivity index (χ0v) is 14.3. The van der Waals surface area contributed by atoms with Crippen molar-refractivity contribution in [1.29, 1.82) is 0 Å². The summed E-state index contributed by atoms with van der Waals surface area (Å²) in [6.45, 7) is 7.02. The molecule has 0 aliphatic carbocycles. The van der Waals surface area contributed by atoms with Crippen LogP contribution < -0.4 is 4.74 Å². The number of aromatic nitrogens is 1. The Hall–Kier alpha value is -1.14. The van der Waals surface area contributed by atoms with Crippen molar-refractivity contribution >= 4 is 21.9 Å². The average Bonchev–Trinajstić information content (AvgIpc) is 2.35. The Morgan fingerprint density at radius 2 is 2.05 bits per heavy atom. The second-order valence-electron chi connectivity index (χ2n) is 5.47. The third-order valence-corrected chi connectivity index (χ3v) is 2.70. The highest BCUT2D eigenvalue weighted by Crippen LogP contribution is 2.15. The van der Waals surface area contributed by atoms with Crippen molar-refractivity contribution in [2.75, 3.05) is 19.8 Å². The van der Waals surface area contributed by atoms with E-state index in [1.807, 2.05) is 26.8 Å². The summed E-state index contributed by atoms with van der Waals surface area (Å²) >= 11 is 3.28. The highest BCUT2D eigenvalue weighted by Gasteiger charge is 2.15. The van der Waals surface area contributed by atoms with Gasteiger partial charge in [0, 0.05) is 25.3 Å². The molecule has 0 fully saturated rings. The fourth-order valence-corrected chi connectivity index (χ4v) is 1.82. The van der Waals surface area contributed by atoms with E-state index in [0.717, 1.165) is 16.8 Å². The number of pyridine rings is 1. The van der Waals surface area contributed by atoms with Crippen LogP contribution in [0.4, 0.5) is 0 Å². The molecule has 0 saturated heterocycles. The molecule has 0 N–H and O–H groups in total. The van der Waals surface area contributed by atoms with Gasteiger partial charge < -0.3 is 14.2 Å². The summed E-state index contributed by atoms with van der Waals surface area (Å²) in [6.07, 6.45) is 2.71. The van der Waals surface area contributed by atoms with Gasteiger partial charge in [-0.3, -0.25) is 4.79 Å². The minimum atomic E-state index is -0.441. The van der Waals surface area contributed by atoms with Gasteiger partial charge in [0.05, 0.1) is 19.6 Å². The lowest BCUT2D eigenvalue weighted by molar-refractivity contribution is -0.156. The molecular formula is C15H22BrNO4. The molecule has 0 aromatic carbocycles. The molecule has 21 heavy (non-hydrogen) atoms. The first kappa shape index (κ1) is 17.9. The number of carbonyl (C=O) groups is 1. The van der Waals surface area contributed by atoms with Crippen molar-refractivity contribution in [2.45, 2.75) is 39.2 Å². The molecule has 1 rings (SSSR count). The van der Waals surface area contributed by atoms with Crippen LogP contribution in [0.5, 0.6) is 5.75 Å². The normalized spacial score (nSPS) is 11.2. The van der Waals surface area contributed by atoms with Crippen molar-refractivity contribution in [2.24, 2.45) is 0 Å². The highest BCUT2D eigenvalue weighted by atomic mass is 79.9. The third-order valence-electron chi connectivity index (χ3n) is 2.27. The van der Waals surface area contributed by atoms with Crippen LogP contribution in [0.3, 0.4) is 0 Å². The molecule has 0 bridgehead atoms. The van der Waals surface area contributed by atoms with Crippen molar-refractivity contribution in [3.63, 3.8) is 0 Å². The molecule has 0 atom stereocenters. The molecule has 1 heterocycles. The standard InChI is InChI=1S/C15H22BrNO4/c1-15(2,3)21-14(18)6-10-19-8-4-9-20-12-5-7-17-13(16)11-12/h5,7,11H,4,6,8-10H2,1-3H3. The van der Waals surface area contributed by atoms with E-state index in [-0.39, 0.29) is 12.4 Å². The Morgan fingerprint density at radius 3 is 2.71 bits per heavy atom. The van der Waals surface area contributed by atoms with Gasteiger partial charge in [-0.25, -0.2) is 4.98 Å². The summed E-state index contributed by atoms with van der Waals surface area (Å²) in [5, 5.41) is 0. The third kappa shape index (κ3) is 9.42. The molecular weight excluding hydrogens is 338 g/mol. The molecule has 0 aliphatic heterocycles. The summed E-state index contributed by atoms with van der Waals surface area (Å²) in [7, 11) is 0. The van der Waals surface area contributed by atoms with Crippen LogP contribution in [0.15, 0.2) is 22.9 Å². The van der Waals surface area contributed by atoms with Gasteiger partial charge in [0.2, 0.25) is 0 Å². The quantitative estimate of drug-likeness (QED) is 0.404. The number of halogens is 1. The number of hydrogen-bond acceptors (Lipinski definition) is 5. The Bertz CT molecular complexity index is 446. The molecule has 0 spiro atoms. The number of rotatable bonds is 8. The lowest BCUT2D eigenvalue weighted by atomic mass is 10.2. The minimum Gasteiger partial charge on any atom is -0.493 e. The lowest BCUT2D eigenvalue weighted by Gasteiger charge is -2.19. The molecule has 0 amide bonds. The van der Waals surface area contributed by atoms with E-state index < -0.39 is 5.60 Å². The summed E-state index contributed by atoms with van der Waals surface area (Å²) in [5.74, 6) is 0.533. The number of esters is 1. The van der Waals surface area contributed by atoms with Gasteiger partial charge in [-0.1, -0.05) is 0 Å². The lowest BCUT2D eigenvalue weighted by Crippen LogP contribution is -2.24. The van der Waals surface area contributed by atoms with Gasteiger partial charge in [-0.05, 0) is 42.8 Å². The molecule has 6 heteroatoms. The zero-order valence-electron chi connectivity index (χ0n) is 12.7. The van der Waals surface area contributed by atoms with Gasteiger partial charge in [0.1, 0.15) is 16.0 Å².